The van der Waals surface area contributed by atoms with Crippen LogP contribution < -0.4 is 15.1 Å². The third-order valence-electron chi connectivity index (χ3n) is 4.98. The van der Waals surface area contributed by atoms with Gasteiger partial charge >= 0.3 is 0 Å². The summed E-state index contributed by atoms with van der Waals surface area (Å²) >= 11 is 1.17. The van der Waals surface area contributed by atoms with Crippen LogP contribution in [0.25, 0.3) is 0 Å². The molecule has 1 N–H and O–H groups in total. The van der Waals surface area contributed by atoms with Crippen molar-refractivity contribution < 1.29 is 18.0 Å². The Balaban J connectivity index is 1.26. The summed E-state index contributed by atoms with van der Waals surface area (Å²) in [6.07, 6.45) is 0. The van der Waals surface area contributed by atoms with Gasteiger partial charge in [-0.25, -0.2) is 13.2 Å². The van der Waals surface area contributed by atoms with Gasteiger partial charge in [-0.2, -0.15) is 0 Å². The molecule has 0 unspecified atom stereocenters. The third-order valence-corrected chi connectivity index (χ3v) is 5.90. The largest absolute Gasteiger partial charge is 0.368 e. The molecule has 0 bridgehead atoms. The van der Waals surface area contributed by atoms with Crippen molar-refractivity contribution in [1.82, 2.24) is 10.2 Å². The Kier molecular flexibility index (Phi) is 6.79. The van der Waals surface area contributed by atoms with E-state index in [2.05, 4.69) is 25.3 Å². The van der Waals surface area contributed by atoms with Gasteiger partial charge in [0.2, 0.25) is 5.91 Å². The summed E-state index contributed by atoms with van der Waals surface area (Å²) < 4.78 is 39.7. The second-order valence-corrected chi connectivity index (χ2v) is 8.14. The molecule has 0 saturated carbocycles. The first-order valence-electron chi connectivity index (χ1n) is 9.95. The molecule has 0 radical (unpaired) electrons. The third kappa shape index (κ3) is 5.50. The zero-order valence-electron chi connectivity index (χ0n) is 17.0. The van der Waals surface area contributed by atoms with E-state index in [0.29, 0.717) is 11.1 Å². The van der Waals surface area contributed by atoms with Crippen LogP contribution in [0.15, 0.2) is 59.6 Å². The fraction of sp³-hybridized carbons (Fsp3) is 0.227. The topological polar surface area (TPSA) is 61.4 Å². The number of benzene rings is 2. The van der Waals surface area contributed by atoms with Gasteiger partial charge in [-0.15, -0.1) is 10.2 Å². The van der Waals surface area contributed by atoms with Gasteiger partial charge in [-0.3, -0.25) is 4.79 Å². The van der Waals surface area contributed by atoms with E-state index in [1.54, 1.807) is 18.2 Å². The Labute approximate surface area is 187 Å². The molecule has 1 aliphatic rings. The highest BCUT2D eigenvalue weighted by molar-refractivity contribution is 7.99. The van der Waals surface area contributed by atoms with Gasteiger partial charge in [0.1, 0.15) is 22.5 Å². The minimum absolute atomic E-state index is 0.0151. The van der Waals surface area contributed by atoms with Gasteiger partial charge in [0.05, 0.1) is 11.4 Å². The first-order chi connectivity index (χ1) is 15.5. The van der Waals surface area contributed by atoms with Crippen molar-refractivity contribution in [2.45, 2.75) is 5.03 Å². The van der Waals surface area contributed by atoms with Gasteiger partial charge in [-0.1, -0.05) is 11.8 Å². The predicted octanol–water partition coefficient (Wildman–Crippen LogP) is 3.95. The maximum absolute atomic E-state index is 13.6. The van der Waals surface area contributed by atoms with E-state index < -0.39 is 17.5 Å². The van der Waals surface area contributed by atoms with Crippen LogP contribution >= 0.6 is 11.8 Å². The number of amides is 1. The van der Waals surface area contributed by atoms with Crippen molar-refractivity contribution in [3.05, 3.63) is 72.0 Å². The second-order valence-electron chi connectivity index (χ2n) is 7.14. The van der Waals surface area contributed by atoms with Crippen molar-refractivity contribution in [3.8, 4) is 0 Å². The number of aromatic nitrogens is 2. The average molecular weight is 459 g/mol. The molecule has 1 aromatic heterocycles. The van der Waals surface area contributed by atoms with Gasteiger partial charge < -0.3 is 15.1 Å². The minimum Gasteiger partial charge on any atom is -0.368 e. The Morgan fingerprint density at radius 2 is 1.56 bits per heavy atom. The highest BCUT2D eigenvalue weighted by Gasteiger charge is 2.19. The van der Waals surface area contributed by atoms with Crippen LogP contribution in [0.3, 0.4) is 0 Å². The molecule has 166 valence electrons. The lowest BCUT2D eigenvalue weighted by atomic mass is 10.2. The molecule has 0 aliphatic carbocycles. The van der Waals surface area contributed by atoms with Crippen molar-refractivity contribution in [3.63, 3.8) is 0 Å². The number of hydrogen-bond acceptors (Lipinski definition) is 6. The molecule has 0 spiro atoms. The van der Waals surface area contributed by atoms with Gasteiger partial charge in [0.15, 0.2) is 5.82 Å². The van der Waals surface area contributed by atoms with Crippen LogP contribution in [0.1, 0.15) is 0 Å². The van der Waals surface area contributed by atoms with Crippen LogP contribution in [0.4, 0.5) is 30.4 Å². The standard InChI is InChI=1S/C22H20F3N5OS/c23-15-1-4-17(5-2-15)29-9-11-30(12-10-29)20-7-8-22(28-27-20)32-14-21(31)26-19-6-3-16(24)13-18(19)25/h1-8,13H,9-12,14H2,(H,26,31). The summed E-state index contributed by atoms with van der Waals surface area (Å²) in [5.74, 6) is -1.45. The number of piperazine rings is 1. The number of nitrogens with one attached hydrogen (secondary N) is 1. The molecule has 2 heterocycles. The van der Waals surface area contributed by atoms with E-state index >= 15 is 0 Å². The molecule has 32 heavy (non-hydrogen) atoms. The van der Waals surface area contributed by atoms with E-state index in [1.807, 2.05) is 6.07 Å². The van der Waals surface area contributed by atoms with Crippen LogP contribution in [0.2, 0.25) is 0 Å². The van der Waals surface area contributed by atoms with E-state index in [0.717, 1.165) is 43.8 Å². The lowest BCUT2D eigenvalue weighted by Crippen LogP contribution is -2.46. The lowest BCUT2D eigenvalue weighted by Gasteiger charge is -2.36. The van der Waals surface area contributed by atoms with Crippen molar-refractivity contribution in [1.29, 1.82) is 0 Å². The SMILES string of the molecule is O=C(CSc1ccc(N2CCN(c3ccc(F)cc3)CC2)nn1)Nc1ccc(F)cc1F. The number of carbonyl (C=O) groups is 1. The summed E-state index contributed by atoms with van der Waals surface area (Å²) in [6, 6.07) is 13.1. The summed E-state index contributed by atoms with van der Waals surface area (Å²) in [6.45, 7) is 3.07. The van der Waals surface area contributed by atoms with Crippen molar-refractivity contribution in [2.75, 3.05) is 47.0 Å². The molecule has 1 amide bonds. The Morgan fingerprint density at radius 3 is 2.22 bits per heavy atom. The number of anilines is 3. The summed E-state index contributed by atoms with van der Waals surface area (Å²) in [5.41, 5.74) is 0.917. The number of carbonyl (C=O) groups excluding carboxylic acids is 1. The zero-order valence-corrected chi connectivity index (χ0v) is 17.8. The molecule has 1 aliphatic heterocycles. The predicted molar refractivity (Wildman–Crippen MR) is 119 cm³/mol. The molecule has 3 aromatic rings. The van der Waals surface area contributed by atoms with Crippen LogP contribution in [-0.4, -0.2) is 48.0 Å². The maximum atomic E-state index is 13.6. The molecule has 4 rings (SSSR count). The first kappa shape index (κ1) is 21.9. The summed E-state index contributed by atoms with van der Waals surface area (Å²) in [7, 11) is 0. The van der Waals surface area contributed by atoms with Crippen molar-refractivity contribution in [2.24, 2.45) is 0 Å². The average Bonchev–Trinajstić information content (AvgIpc) is 2.81. The molecule has 10 heteroatoms. The maximum Gasteiger partial charge on any atom is 0.234 e. The summed E-state index contributed by atoms with van der Waals surface area (Å²) in [4.78, 5) is 16.3. The fourth-order valence-electron chi connectivity index (χ4n) is 3.32. The molecular weight excluding hydrogens is 439 g/mol. The number of hydrogen-bond donors (Lipinski definition) is 1. The molecule has 1 saturated heterocycles. The summed E-state index contributed by atoms with van der Waals surface area (Å²) in [5, 5.41) is 11.4. The fourth-order valence-corrected chi connectivity index (χ4v) is 3.93. The normalized spacial score (nSPS) is 13.8. The smallest absolute Gasteiger partial charge is 0.234 e. The monoisotopic (exact) mass is 459 g/mol. The Hall–Kier alpha value is -3.27. The van der Waals surface area contributed by atoms with E-state index in [9.17, 15) is 18.0 Å². The number of thioether (sulfide) groups is 1. The Bertz CT molecular complexity index is 1070. The van der Waals surface area contributed by atoms with E-state index in [4.69, 9.17) is 0 Å². The number of rotatable bonds is 6. The van der Waals surface area contributed by atoms with Crippen LogP contribution in [0, 0.1) is 17.5 Å². The molecule has 6 nitrogen and oxygen atoms in total. The molecular formula is C22H20F3N5OS. The van der Waals surface area contributed by atoms with Crippen LogP contribution in [0.5, 0.6) is 0 Å². The quantitative estimate of drug-likeness (QED) is 0.564. The number of nitrogens with zero attached hydrogens (tertiary/aromatic N) is 4. The van der Waals surface area contributed by atoms with Gasteiger partial charge in [-0.05, 0) is 48.5 Å². The van der Waals surface area contributed by atoms with Gasteiger partial charge in [0, 0.05) is 37.9 Å². The van der Waals surface area contributed by atoms with Crippen molar-refractivity contribution >= 4 is 34.9 Å². The minimum atomic E-state index is -0.827. The Morgan fingerprint density at radius 1 is 0.875 bits per heavy atom. The van der Waals surface area contributed by atoms with E-state index in [1.165, 1.54) is 30.0 Å². The highest BCUT2D eigenvalue weighted by atomic mass is 32.2. The number of halogens is 3. The highest BCUT2D eigenvalue weighted by Crippen LogP contribution is 2.22. The lowest BCUT2D eigenvalue weighted by molar-refractivity contribution is -0.113. The first-order valence-corrected chi connectivity index (χ1v) is 10.9. The second kappa shape index (κ2) is 9.90. The van der Waals surface area contributed by atoms with Gasteiger partial charge in [0.25, 0.3) is 0 Å². The van der Waals surface area contributed by atoms with E-state index in [-0.39, 0.29) is 17.3 Å². The molecule has 2 aromatic carbocycles. The molecule has 1 fully saturated rings. The van der Waals surface area contributed by atoms with Crippen LogP contribution in [-0.2, 0) is 4.79 Å². The molecule has 0 atom stereocenters. The zero-order chi connectivity index (χ0) is 22.5.